The van der Waals surface area contributed by atoms with E-state index in [2.05, 4.69) is 31.1 Å². The number of ether oxygens (including phenoxy) is 6. The molecule has 2 aromatic carbocycles. The van der Waals surface area contributed by atoms with E-state index >= 15 is 4.79 Å². The summed E-state index contributed by atoms with van der Waals surface area (Å²) in [5.74, 6) is -3.22. The Bertz CT molecular complexity index is 2570. The van der Waals surface area contributed by atoms with Gasteiger partial charge in [-0.05, 0) is 76.6 Å². The molecule has 1 fully saturated rings. The van der Waals surface area contributed by atoms with Gasteiger partial charge in [0.15, 0.2) is 11.3 Å². The third-order valence-corrected chi connectivity index (χ3v) is 12.6. The van der Waals surface area contributed by atoms with Gasteiger partial charge in [0.1, 0.15) is 52.5 Å². The molecule has 62 heavy (non-hydrogen) atoms. The minimum atomic E-state index is -1.88. The number of esters is 1. The Morgan fingerprint density at radius 3 is 2.50 bits per heavy atom. The Balaban J connectivity index is 1.45. The van der Waals surface area contributed by atoms with E-state index in [1.165, 1.54) is 27.2 Å². The standard InChI is InChI=1S/C48H55N3O11/c1-24-11-10-12-26(3)47(55)50-40-41(53)37-36(39-45(40)60-34-23-31(13-14-32(34)49-39)59-30-15-18-51(8)19-16-30)38-44-28(5)43(37)61-35(22-25(2)21-24)42(58-29(6)52)27(4)33(56-9)17-20-57-48(7,62-44)46(38)54/h10-14,17,20,23-25,27,30,33,35,42H,15-16,18-19,21-22H2,1-9H3,(H,50,55)/b11-10+,20-17+,26-12-/t24?,25-,27-,33+,35?,42?,48+/m1/s1. The minimum absolute atomic E-state index is 0.00660. The molecule has 14 nitrogen and oxygen atoms in total. The monoisotopic (exact) mass is 849 g/mol. The number of hydrogen-bond acceptors (Lipinski definition) is 13. The van der Waals surface area contributed by atoms with Gasteiger partial charge in [-0.3, -0.25) is 19.2 Å². The first-order valence-electron chi connectivity index (χ1n) is 21.4. The number of carbonyl (C=O) groups is 3. The van der Waals surface area contributed by atoms with Crippen LogP contribution in [0.1, 0.15) is 83.1 Å². The van der Waals surface area contributed by atoms with E-state index in [-0.39, 0.29) is 62.9 Å². The molecule has 5 aliphatic heterocycles. The van der Waals surface area contributed by atoms with Gasteiger partial charge in [0.2, 0.25) is 5.43 Å². The molecule has 0 aromatic heterocycles. The molecule has 6 aliphatic rings. The molecule has 2 aromatic rings. The van der Waals surface area contributed by atoms with Crippen molar-refractivity contribution in [2.24, 2.45) is 17.8 Å². The van der Waals surface area contributed by atoms with Gasteiger partial charge < -0.3 is 43.1 Å². The zero-order chi connectivity index (χ0) is 44.2. The number of likely N-dealkylation sites (tertiary alicyclic amines) is 1. The summed E-state index contributed by atoms with van der Waals surface area (Å²) in [5, 5.41) is 2.94. The Labute approximate surface area is 360 Å². The molecule has 14 heteroatoms. The van der Waals surface area contributed by atoms with E-state index in [1.807, 2.05) is 25.1 Å². The summed E-state index contributed by atoms with van der Waals surface area (Å²) in [4.78, 5) is 64.7. The molecule has 1 saturated heterocycles. The van der Waals surface area contributed by atoms with Gasteiger partial charge in [-0.15, -0.1) is 0 Å². The van der Waals surface area contributed by atoms with Crippen molar-refractivity contribution >= 4 is 45.2 Å². The molecule has 7 atom stereocenters. The topological polar surface area (TPSA) is 165 Å². The highest BCUT2D eigenvalue weighted by Crippen LogP contribution is 2.52. The lowest BCUT2D eigenvalue weighted by molar-refractivity contribution is -0.159. The van der Waals surface area contributed by atoms with Crippen LogP contribution in [0, 0.1) is 24.7 Å². The molecule has 3 unspecified atom stereocenters. The maximum Gasteiger partial charge on any atom is 0.312 e. The van der Waals surface area contributed by atoms with Gasteiger partial charge in [-0.1, -0.05) is 39.0 Å². The zero-order valence-corrected chi connectivity index (χ0v) is 36.8. The van der Waals surface area contributed by atoms with E-state index < -0.39 is 53.1 Å². The van der Waals surface area contributed by atoms with Crippen LogP contribution in [0.5, 0.6) is 17.2 Å². The number of rotatable bonds is 4. The number of methoxy groups -OCH3 is 1. The Morgan fingerprint density at radius 1 is 1.02 bits per heavy atom. The van der Waals surface area contributed by atoms with E-state index in [1.54, 1.807) is 38.1 Å². The van der Waals surface area contributed by atoms with Gasteiger partial charge in [0.25, 0.3) is 11.7 Å². The number of Topliss-reactive ketones (excluding diaryl/α,β-unsaturated/α-hetero) is 1. The number of carbonyl (C=O) groups excluding carboxylic acids is 3. The molecule has 5 heterocycles. The number of fused-ring (bicyclic) bond motifs is 8. The van der Waals surface area contributed by atoms with Crippen LogP contribution in [0.4, 0.5) is 5.69 Å². The van der Waals surface area contributed by atoms with Crippen LogP contribution in [0.15, 0.2) is 63.6 Å². The summed E-state index contributed by atoms with van der Waals surface area (Å²) < 4.78 is 44.8. The Hall–Kier alpha value is -5.73. The summed E-state index contributed by atoms with van der Waals surface area (Å²) in [6.07, 6.45) is 9.01. The predicted octanol–water partition coefficient (Wildman–Crippen LogP) is 7.90. The summed E-state index contributed by atoms with van der Waals surface area (Å²) in [7, 11) is 3.62. The van der Waals surface area contributed by atoms with Crippen LogP contribution in [0.2, 0.25) is 0 Å². The van der Waals surface area contributed by atoms with Crippen LogP contribution in [0.3, 0.4) is 0 Å². The first-order chi connectivity index (χ1) is 29.6. The molecule has 6 bridgehead atoms. The summed E-state index contributed by atoms with van der Waals surface area (Å²) in [6, 6.07) is 5.31. The molecule has 1 aliphatic carbocycles. The minimum Gasteiger partial charge on any atom is -0.490 e. The lowest BCUT2D eigenvalue weighted by Crippen LogP contribution is -2.45. The SMILES string of the molecule is CO[C@H]1/C=C/O[C@@]2(C)Oc3c(C)c4c5c(=O)c(c6oc7cc(OC8CCN(C)CC8)ccc7nc-6c5c3C2=O)NC(=O)/C(C)=C\C=C\C(C)C[C@@H](C)CC(O4)C(OC(C)=O)[C@@H]1C. The second-order valence-electron chi connectivity index (χ2n) is 17.6. The number of nitrogens with zero attached hydrogens (tertiary/aromatic N) is 2. The maximum atomic E-state index is 15.5. The number of aromatic nitrogens is 1. The average Bonchev–Trinajstić information content (AvgIpc) is 3.49. The molecule has 1 N–H and O–H groups in total. The smallest absolute Gasteiger partial charge is 0.312 e. The molecule has 328 valence electrons. The van der Waals surface area contributed by atoms with Crippen molar-refractivity contribution in [2.45, 2.75) is 104 Å². The molecule has 0 radical (unpaired) electrons. The van der Waals surface area contributed by atoms with E-state index in [4.69, 9.17) is 37.8 Å². The molecule has 0 spiro atoms. The predicted molar refractivity (Wildman–Crippen MR) is 233 cm³/mol. The van der Waals surface area contributed by atoms with Gasteiger partial charge in [0.05, 0.1) is 23.3 Å². The van der Waals surface area contributed by atoms with Crippen LogP contribution in [-0.2, 0) is 23.8 Å². The lowest BCUT2D eigenvalue weighted by Gasteiger charge is -2.36. The van der Waals surface area contributed by atoms with E-state index in [0.29, 0.717) is 34.4 Å². The zero-order valence-electron chi connectivity index (χ0n) is 36.8. The largest absolute Gasteiger partial charge is 0.490 e. The van der Waals surface area contributed by atoms with E-state index in [9.17, 15) is 14.4 Å². The van der Waals surface area contributed by atoms with Crippen molar-refractivity contribution in [3.63, 3.8) is 0 Å². The number of piperidine rings is 1. The van der Waals surface area contributed by atoms with Crippen molar-refractivity contribution < 1.29 is 47.2 Å². The van der Waals surface area contributed by atoms with Crippen LogP contribution in [-0.4, -0.2) is 85.0 Å². The third-order valence-electron chi connectivity index (χ3n) is 12.6. The lowest BCUT2D eigenvalue weighted by atomic mass is 9.85. The number of anilines is 1. The van der Waals surface area contributed by atoms with Crippen LogP contribution >= 0.6 is 0 Å². The van der Waals surface area contributed by atoms with Crippen molar-refractivity contribution in [2.75, 3.05) is 32.6 Å². The van der Waals surface area contributed by atoms with Gasteiger partial charge >= 0.3 is 11.8 Å². The molecular weight excluding hydrogens is 795 g/mol. The van der Waals surface area contributed by atoms with Crippen molar-refractivity contribution in [1.82, 2.24) is 9.88 Å². The molecule has 1 amide bonds. The van der Waals surface area contributed by atoms with Crippen LogP contribution in [0.25, 0.3) is 33.3 Å². The first-order valence-corrected chi connectivity index (χ1v) is 21.4. The van der Waals surface area contributed by atoms with Gasteiger partial charge in [-0.2, -0.15) is 0 Å². The number of allylic oxidation sites excluding steroid dienone is 3. The van der Waals surface area contributed by atoms with Gasteiger partial charge in [0, 0.05) is 62.6 Å². The second kappa shape index (κ2) is 16.9. The quantitative estimate of drug-likeness (QED) is 0.120. The maximum absolute atomic E-state index is 15.5. The van der Waals surface area contributed by atoms with Crippen molar-refractivity contribution in [3.8, 4) is 28.7 Å². The number of nitrogens with one attached hydrogen (secondary N) is 1. The Kier molecular flexibility index (Phi) is 11.7. The number of amides is 1. The first kappa shape index (κ1) is 42.9. The highest BCUT2D eigenvalue weighted by atomic mass is 16.7. The number of ketones is 1. The van der Waals surface area contributed by atoms with E-state index in [0.717, 1.165) is 32.4 Å². The number of benzene rings is 3. The van der Waals surface area contributed by atoms with Crippen molar-refractivity contribution in [1.29, 1.82) is 0 Å². The molecular formula is C48H55N3O11. The average molecular weight is 850 g/mol. The fraction of sp³-hybridized carbons (Fsp3) is 0.479. The second-order valence-corrected chi connectivity index (χ2v) is 17.6. The fourth-order valence-corrected chi connectivity index (χ4v) is 9.27. The summed E-state index contributed by atoms with van der Waals surface area (Å²) in [5.41, 5.74) is 0.667. The highest BCUT2D eigenvalue weighted by Gasteiger charge is 2.51. The summed E-state index contributed by atoms with van der Waals surface area (Å²) >= 11 is 0. The highest BCUT2D eigenvalue weighted by molar-refractivity contribution is 6.22. The summed E-state index contributed by atoms with van der Waals surface area (Å²) in [6.45, 7) is 14.1. The van der Waals surface area contributed by atoms with Gasteiger partial charge in [-0.25, -0.2) is 4.98 Å². The number of hydrogen-bond donors (Lipinski definition) is 1. The molecule has 8 rings (SSSR count). The third kappa shape index (κ3) is 7.94. The fourth-order valence-electron chi connectivity index (χ4n) is 9.27. The Morgan fingerprint density at radius 2 is 1.77 bits per heavy atom. The van der Waals surface area contributed by atoms with Crippen molar-refractivity contribution in [3.05, 3.63) is 75.7 Å². The van der Waals surface area contributed by atoms with Crippen LogP contribution < -0.4 is 25.0 Å². The normalized spacial score (nSPS) is 29.3. The molecule has 0 saturated carbocycles.